The highest BCUT2D eigenvalue weighted by molar-refractivity contribution is 7.91. The number of ether oxygens (including phenoxy) is 1. The van der Waals surface area contributed by atoms with Crippen molar-refractivity contribution in [3.05, 3.63) is 12.2 Å². The van der Waals surface area contributed by atoms with Gasteiger partial charge in [-0.1, -0.05) is 18.6 Å². The van der Waals surface area contributed by atoms with E-state index in [1.807, 2.05) is 6.08 Å². The van der Waals surface area contributed by atoms with E-state index >= 15 is 0 Å². The molecule has 218 valence electrons. The third kappa shape index (κ3) is 6.07. The first-order valence-electron chi connectivity index (χ1n) is 13.4. The number of sulfonamides is 1. The number of carbonyl (C=O) groups excluding carboxylic acids is 3. The Bertz CT molecular complexity index is 1140. The van der Waals surface area contributed by atoms with Crippen molar-refractivity contribution in [1.82, 2.24) is 20.3 Å². The SMILES string of the molecule is COC[C@@H]1CCCCC=C[C@@H]2C[C@@]2(C(=O)NS(=O)(=O)C2(C)CC2)NC(=O)[C@@H]2C[C@@H](O)CN2C(=O)[C@H]1NC(=O)O. The van der Waals surface area contributed by atoms with Crippen molar-refractivity contribution >= 4 is 33.8 Å². The fourth-order valence-corrected chi connectivity index (χ4v) is 6.87. The molecule has 2 heterocycles. The van der Waals surface area contributed by atoms with Gasteiger partial charge >= 0.3 is 6.09 Å². The largest absolute Gasteiger partial charge is 0.465 e. The molecule has 3 fully saturated rings. The zero-order valence-corrected chi connectivity index (χ0v) is 23.0. The summed E-state index contributed by atoms with van der Waals surface area (Å²) in [5.74, 6) is -3.15. The Morgan fingerprint density at radius 1 is 1.26 bits per heavy atom. The number of nitrogens with zero attached hydrogens (tertiary/aromatic N) is 1. The number of allylic oxidation sites excluding steroid dienone is 1. The summed E-state index contributed by atoms with van der Waals surface area (Å²) in [6, 6.07) is -2.38. The van der Waals surface area contributed by atoms with Gasteiger partial charge in [0.05, 0.1) is 17.5 Å². The smallest absolute Gasteiger partial charge is 0.405 e. The molecule has 0 aromatic heterocycles. The first kappa shape index (κ1) is 29.3. The molecular formula is C25H38N4O9S. The van der Waals surface area contributed by atoms with Gasteiger partial charge < -0.3 is 30.5 Å². The summed E-state index contributed by atoms with van der Waals surface area (Å²) in [4.78, 5) is 53.3. The molecular weight excluding hydrogens is 532 g/mol. The lowest BCUT2D eigenvalue weighted by Gasteiger charge is -2.32. The van der Waals surface area contributed by atoms with Crippen LogP contribution in [0.2, 0.25) is 0 Å². The van der Waals surface area contributed by atoms with Gasteiger partial charge in [-0.05, 0) is 45.4 Å². The highest BCUT2D eigenvalue weighted by atomic mass is 32.2. The van der Waals surface area contributed by atoms with Crippen LogP contribution in [-0.2, 0) is 29.1 Å². The molecule has 14 heteroatoms. The molecule has 1 saturated heterocycles. The van der Waals surface area contributed by atoms with Crippen LogP contribution in [0, 0.1) is 11.8 Å². The molecule has 0 spiro atoms. The van der Waals surface area contributed by atoms with Gasteiger partial charge in [-0.2, -0.15) is 0 Å². The Kier molecular flexibility index (Phi) is 8.29. The standard InChI is InChI=1S/C25H38N4O9S/c1-24(9-10-24)39(36,37)28-22(33)25-12-16(25)8-6-4-3-5-7-15(14-38-2)19(26-23(34)35)21(32)29-13-17(30)11-18(29)20(31)27-25/h6,8,15-19,26,30H,3-5,7,9-14H2,1-2H3,(H,27,31)(H,28,33)(H,34,35)/t15-,16+,17+,18-,19-,25+/m0/s1. The number of methoxy groups -OCH3 is 1. The lowest BCUT2D eigenvalue weighted by atomic mass is 9.92. The summed E-state index contributed by atoms with van der Waals surface area (Å²) in [6.45, 7) is 1.48. The van der Waals surface area contributed by atoms with Crippen LogP contribution in [0.15, 0.2) is 12.2 Å². The van der Waals surface area contributed by atoms with E-state index in [4.69, 9.17) is 4.74 Å². The molecule has 13 nitrogen and oxygen atoms in total. The number of amides is 4. The van der Waals surface area contributed by atoms with E-state index in [0.717, 1.165) is 11.3 Å². The van der Waals surface area contributed by atoms with Crippen LogP contribution in [-0.4, -0.2) is 96.1 Å². The van der Waals surface area contributed by atoms with E-state index < -0.39 is 74.1 Å². The van der Waals surface area contributed by atoms with Crippen LogP contribution < -0.4 is 15.4 Å². The van der Waals surface area contributed by atoms with Crippen LogP contribution in [0.3, 0.4) is 0 Å². The first-order valence-corrected chi connectivity index (χ1v) is 14.8. The average molecular weight is 571 g/mol. The maximum Gasteiger partial charge on any atom is 0.405 e. The topological polar surface area (TPSA) is 191 Å². The van der Waals surface area contributed by atoms with Crippen molar-refractivity contribution in [2.75, 3.05) is 20.3 Å². The number of aliphatic hydroxyl groups excluding tert-OH is 1. The first-order chi connectivity index (χ1) is 18.3. The molecule has 4 aliphatic rings. The quantitative estimate of drug-likeness (QED) is 0.270. The van der Waals surface area contributed by atoms with Gasteiger partial charge in [-0.3, -0.25) is 19.1 Å². The Labute approximate surface area is 227 Å². The molecule has 0 radical (unpaired) electrons. The number of carbonyl (C=O) groups is 4. The van der Waals surface area contributed by atoms with Gasteiger partial charge in [-0.15, -0.1) is 0 Å². The number of hydrogen-bond donors (Lipinski definition) is 5. The molecule has 0 aromatic carbocycles. The summed E-state index contributed by atoms with van der Waals surface area (Å²) in [5.41, 5.74) is -1.51. The van der Waals surface area contributed by atoms with Gasteiger partial charge in [0, 0.05) is 31.9 Å². The second-order valence-corrected chi connectivity index (χ2v) is 13.6. The van der Waals surface area contributed by atoms with E-state index in [9.17, 15) is 37.8 Å². The second-order valence-electron chi connectivity index (χ2n) is 11.4. The highest BCUT2D eigenvalue weighted by Crippen LogP contribution is 2.47. The van der Waals surface area contributed by atoms with Gasteiger partial charge in [0.25, 0.3) is 5.91 Å². The van der Waals surface area contributed by atoms with Gasteiger partial charge in [0.15, 0.2) is 0 Å². The Morgan fingerprint density at radius 2 is 1.97 bits per heavy atom. The fraction of sp³-hybridized carbons (Fsp3) is 0.760. The molecule has 0 aromatic rings. The summed E-state index contributed by atoms with van der Waals surface area (Å²) in [5, 5.41) is 24.8. The third-order valence-corrected chi connectivity index (χ3v) is 10.6. The lowest BCUT2D eigenvalue weighted by molar-refractivity contribution is -0.142. The molecule has 2 aliphatic carbocycles. The summed E-state index contributed by atoms with van der Waals surface area (Å²) in [7, 11) is -2.50. The summed E-state index contributed by atoms with van der Waals surface area (Å²) in [6.07, 6.45) is 4.72. The van der Waals surface area contributed by atoms with Gasteiger partial charge in [-0.25, -0.2) is 13.2 Å². The monoisotopic (exact) mass is 570 g/mol. The number of hydrogen-bond acceptors (Lipinski definition) is 8. The van der Waals surface area contributed by atoms with E-state index in [2.05, 4.69) is 15.4 Å². The highest BCUT2D eigenvalue weighted by Gasteiger charge is 2.63. The van der Waals surface area contributed by atoms with Crippen molar-refractivity contribution in [1.29, 1.82) is 0 Å². The molecule has 2 saturated carbocycles. The summed E-state index contributed by atoms with van der Waals surface area (Å²) >= 11 is 0. The predicted octanol–water partition coefficient (Wildman–Crippen LogP) is -0.149. The normalized spacial score (nSPS) is 34.5. The number of rotatable bonds is 6. The van der Waals surface area contributed by atoms with E-state index in [1.54, 1.807) is 13.0 Å². The van der Waals surface area contributed by atoms with Gasteiger partial charge in [0.2, 0.25) is 21.8 Å². The van der Waals surface area contributed by atoms with Crippen LogP contribution >= 0.6 is 0 Å². The van der Waals surface area contributed by atoms with Crippen molar-refractivity contribution in [2.45, 2.75) is 86.8 Å². The molecule has 5 N–H and O–H groups in total. The lowest BCUT2D eigenvalue weighted by Crippen LogP contribution is -2.59. The molecule has 6 atom stereocenters. The van der Waals surface area contributed by atoms with Crippen molar-refractivity contribution in [3.8, 4) is 0 Å². The maximum absolute atomic E-state index is 13.7. The second kappa shape index (κ2) is 11.0. The minimum atomic E-state index is -3.95. The van der Waals surface area contributed by atoms with E-state index in [0.29, 0.717) is 32.1 Å². The van der Waals surface area contributed by atoms with Crippen LogP contribution in [0.1, 0.15) is 58.3 Å². The minimum Gasteiger partial charge on any atom is -0.465 e. The zero-order chi connectivity index (χ0) is 28.6. The van der Waals surface area contributed by atoms with Crippen molar-refractivity contribution in [3.63, 3.8) is 0 Å². The molecule has 4 rings (SSSR count). The molecule has 0 bridgehead atoms. The van der Waals surface area contributed by atoms with Crippen LogP contribution in [0.4, 0.5) is 4.79 Å². The Morgan fingerprint density at radius 3 is 2.62 bits per heavy atom. The molecule has 2 aliphatic heterocycles. The average Bonchev–Trinajstić information content (AvgIpc) is 3.74. The maximum atomic E-state index is 13.7. The van der Waals surface area contributed by atoms with Crippen molar-refractivity contribution in [2.24, 2.45) is 11.8 Å². The molecule has 0 unspecified atom stereocenters. The molecule has 39 heavy (non-hydrogen) atoms. The Hall–Kier alpha value is -2.71. The number of nitrogens with one attached hydrogen (secondary N) is 3. The minimum absolute atomic E-state index is 0.110. The van der Waals surface area contributed by atoms with Crippen LogP contribution in [0.5, 0.6) is 0 Å². The Balaban J connectivity index is 1.63. The van der Waals surface area contributed by atoms with Gasteiger partial charge in [0.1, 0.15) is 17.6 Å². The van der Waals surface area contributed by atoms with E-state index in [1.165, 1.54) is 7.11 Å². The summed E-state index contributed by atoms with van der Waals surface area (Å²) < 4.78 is 32.0. The zero-order valence-electron chi connectivity index (χ0n) is 22.2. The number of aliphatic hydroxyl groups is 1. The van der Waals surface area contributed by atoms with Crippen molar-refractivity contribution < 1.29 is 42.5 Å². The number of fused-ring (bicyclic) bond motifs is 2. The number of carboxylic acid groups (broad SMARTS) is 1. The predicted molar refractivity (Wildman–Crippen MR) is 138 cm³/mol. The molecule has 4 amide bonds. The third-order valence-electron chi connectivity index (χ3n) is 8.42. The van der Waals surface area contributed by atoms with Crippen LogP contribution in [0.25, 0.3) is 0 Å². The van der Waals surface area contributed by atoms with E-state index in [-0.39, 0.29) is 26.0 Å². The fourth-order valence-electron chi connectivity index (χ4n) is 5.55.